The number of carboxylic acids is 1. The number of halogens is 2. The van der Waals surface area contributed by atoms with Gasteiger partial charge in [-0.2, -0.15) is 5.10 Å². The Morgan fingerprint density at radius 1 is 1.18 bits per heavy atom. The second-order valence-corrected chi connectivity index (χ2v) is 8.99. The molecule has 3 aromatic rings. The van der Waals surface area contributed by atoms with Crippen molar-refractivity contribution >= 4 is 40.5 Å². The Balaban J connectivity index is 1.61. The highest BCUT2D eigenvalue weighted by molar-refractivity contribution is 6.39. The molecule has 0 radical (unpaired) electrons. The number of nitrogens with one attached hydrogen (secondary N) is 2. The molecule has 1 aliphatic rings. The molecule has 0 unspecified atom stereocenters. The lowest BCUT2D eigenvalue weighted by Gasteiger charge is -2.20. The first-order valence-electron chi connectivity index (χ1n) is 10.8. The molecular weight excluding hydrogens is 463 g/mol. The lowest BCUT2D eigenvalue weighted by Crippen LogP contribution is -2.26. The summed E-state index contributed by atoms with van der Waals surface area (Å²) in [6, 6.07) is 8.99. The fraction of sp³-hybridized carbons (Fsp3) is 0.333. The largest absolute Gasteiger partial charge is 0.478 e. The number of aromatic carboxylic acids is 1. The molecule has 2 aromatic carbocycles. The summed E-state index contributed by atoms with van der Waals surface area (Å²) in [6.07, 6.45) is 0.969. The third-order valence-corrected chi connectivity index (χ3v) is 6.35. The third-order valence-electron chi connectivity index (χ3n) is 5.75. The molecule has 1 saturated heterocycles. The van der Waals surface area contributed by atoms with E-state index in [2.05, 4.69) is 20.4 Å². The van der Waals surface area contributed by atoms with Gasteiger partial charge in [-0.25, -0.2) is 4.79 Å². The Bertz CT molecular complexity index is 1130. The van der Waals surface area contributed by atoms with Gasteiger partial charge >= 0.3 is 5.97 Å². The summed E-state index contributed by atoms with van der Waals surface area (Å²) < 4.78 is 5.50. The topological polar surface area (TPSA) is 90.5 Å². The fourth-order valence-corrected chi connectivity index (χ4v) is 4.72. The summed E-state index contributed by atoms with van der Waals surface area (Å²) in [5.74, 6) is -1.02. The standard InChI is InChI=1S/C24H26Cl2N4O3/c1-14-22(15(2)29-28-14)17-11-19(25)23(20(26)12-17)27-21-5-4-16(10-18(21)24(31)32)13-30-6-3-8-33-9-7-30/h4-5,10-12,27H,3,6-9,13H2,1-2H3,(H,28,29)(H,31,32). The number of aromatic nitrogens is 2. The number of aryl methyl sites for hydroxylation is 2. The van der Waals surface area contributed by atoms with Crippen molar-refractivity contribution < 1.29 is 14.6 Å². The molecule has 3 N–H and O–H groups in total. The van der Waals surface area contributed by atoms with E-state index in [1.54, 1.807) is 24.3 Å². The van der Waals surface area contributed by atoms with Crippen LogP contribution in [0, 0.1) is 13.8 Å². The van der Waals surface area contributed by atoms with Crippen LogP contribution in [0.25, 0.3) is 11.1 Å². The molecule has 0 bridgehead atoms. The molecule has 2 heterocycles. The average Bonchev–Trinajstić information content (AvgIpc) is 2.95. The van der Waals surface area contributed by atoms with E-state index in [0.29, 0.717) is 34.6 Å². The maximum Gasteiger partial charge on any atom is 0.337 e. The van der Waals surface area contributed by atoms with Crippen LogP contribution in [0.2, 0.25) is 10.0 Å². The number of aromatic amines is 1. The number of H-pyrrole nitrogens is 1. The van der Waals surface area contributed by atoms with Crippen LogP contribution >= 0.6 is 23.2 Å². The number of carbonyl (C=O) groups is 1. The van der Waals surface area contributed by atoms with E-state index in [9.17, 15) is 9.90 Å². The molecular formula is C24H26Cl2N4O3. The predicted octanol–water partition coefficient (Wildman–Crippen LogP) is 5.66. The molecule has 9 heteroatoms. The molecule has 4 rings (SSSR count). The van der Waals surface area contributed by atoms with Gasteiger partial charge in [0.1, 0.15) is 0 Å². The van der Waals surface area contributed by atoms with Crippen LogP contribution in [0.15, 0.2) is 30.3 Å². The molecule has 7 nitrogen and oxygen atoms in total. The fourth-order valence-electron chi connectivity index (χ4n) is 4.14. The van der Waals surface area contributed by atoms with E-state index < -0.39 is 5.97 Å². The van der Waals surface area contributed by atoms with E-state index in [0.717, 1.165) is 54.2 Å². The number of benzene rings is 2. The Morgan fingerprint density at radius 3 is 2.61 bits per heavy atom. The first-order valence-corrected chi connectivity index (χ1v) is 11.5. The van der Waals surface area contributed by atoms with E-state index in [1.807, 2.05) is 19.9 Å². The zero-order valence-electron chi connectivity index (χ0n) is 18.5. The van der Waals surface area contributed by atoms with Crippen molar-refractivity contribution in [1.82, 2.24) is 15.1 Å². The van der Waals surface area contributed by atoms with Crippen molar-refractivity contribution in [1.29, 1.82) is 0 Å². The van der Waals surface area contributed by atoms with Gasteiger partial charge in [0.2, 0.25) is 0 Å². The van der Waals surface area contributed by atoms with Crippen LogP contribution in [0.4, 0.5) is 11.4 Å². The van der Waals surface area contributed by atoms with Crippen molar-refractivity contribution in [3.05, 3.63) is 62.9 Å². The molecule has 1 fully saturated rings. The highest BCUT2D eigenvalue weighted by Gasteiger charge is 2.18. The van der Waals surface area contributed by atoms with Crippen LogP contribution in [-0.2, 0) is 11.3 Å². The third kappa shape index (κ3) is 5.33. The van der Waals surface area contributed by atoms with E-state index in [1.165, 1.54) is 0 Å². The summed E-state index contributed by atoms with van der Waals surface area (Å²) in [5.41, 5.74) is 5.53. The molecule has 0 atom stereocenters. The number of anilines is 2. The Kier molecular flexibility index (Phi) is 7.24. The number of ether oxygens (including phenoxy) is 1. The van der Waals surface area contributed by atoms with Crippen molar-refractivity contribution in [2.24, 2.45) is 0 Å². The number of carboxylic acid groups (broad SMARTS) is 1. The minimum atomic E-state index is -1.02. The quantitative estimate of drug-likeness (QED) is 0.414. The summed E-state index contributed by atoms with van der Waals surface area (Å²) in [5, 5.41) is 20.9. The minimum absolute atomic E-state index is 0.163. The lowest BCUT2D eigenvalue weighted by molar-refractivity contribution is 0.0697. The molecule has 1 aromatic heterocycles. The highest BCUT2D eigenvalue weighted by Crippen LogP contribution is 2.39. The summed E-state index contributed by atoms with van der Waals surface area (Å²) in [7, 11) is 0. The highest BCUT2D eigenvalue weighted by atomic mass is 35.5. The van der Waals surface area contributed by atoms with Gasteiger partial charge in [0.25, 0.3) is 0 Å². The Labute approximate surface area is 202 Å². The van der Waals surface area contributed by atoms with Crippen molar-refractivity contribution in [3.8, 4) is 11.1 Å². The van der Waals surface area contributed by atoms with Gasteiger partial charge in [0, 0.05) is 37.5 Å². The summed E-state index contributed by atoms with van der Waals surface area (Å²) in [6.45, 7) is 7.72. The van der Waals surface area contributed by atoms with Crippen LogP contribution in [0.5, 0.6) is 0 Å². The number of hydrogen-bond acceptors (Lipinski definition) is 5. The van der Waals surface area contributed by atoms with Gasteiger partial charge in [0.05, 0.1) is 39.3 Å². The maximum atomic E-state index is 12.0. The van der Waals surface area contributed by atoms with Crippen LogP contribution in [0.3, 0.4) is 0 Å². The lowest BCUT2D eigenvalue weighted by atomic mass is 10.0. The van der Waals surface area contributed by atoms with Gasteiger partial charge in [-0.15, -0.1) is 0 Å². The second-order valence-electron chi connectivity index (χ2n) is 8.18. The summed E-state index contributed by atoms with van der Waals surface area (Å²) >= 11 is 13.1. The first kappa shape index (κ1) is 23.6. The van der Waals surface area contributed by atoms with Gasteiger partial charge in [-0.05, 0) is 55.7 Å². The van der Waals surface area contributed by atoms with Crippen molar-refractivity contribution in [2.75, 3.05) is 31.6 Å². The van der Waals surface area contributed by atoms with Crippen molar-refractivity contribution in [3.63, 3.8) is 0 Å². The summed E-state index contributed by atoms with van der Waals surface area (Å²) in [4.78, 5) is 14.3. The van der Waals surface area contributed by atoms with Crippen LogP contribution in [0.1, 0.15) is 33.7 Å². The zero-order chi connectivity index (χ0) is 23.5. The molecule has 33 heavy (non-hydrogen) atoms. The molecule has 1 aliphatic heterocycles. The van der Waals surface area contributed by atoms with E-state index in [4.69, 9.17) is 27.9 Å². The van der Waals surface area contributed by atoms with Gasteiger partial charge in [-0.1, -0.05) is 29.3 Å². The van der Waals surface area contributed by atoms with Gasteiger partial charge in [0.15, 0.2) is 0 Å². The minimum Gasteiger partial charge on any atom is -0.478 e. The number of hydrogen-bond donors (Lipinski definition) is 3. The smallest absolute Gasteiger partial charge is 0.337 e. The van der Waals surface area contributed by atoms with E-state index >= 15 is 0 Å². The average molecular weight is 489 g/mol. The van der Waals surface area contributed by atoms with Crippen LogP contribution < -0.4 is 5.32 Å². The zero-order valence-corrected chi connectivity index (χ0v) is 20.1. The SMILES string of the molecule is Cc1n[nH]c(C)c1-c1cc(Cl)c(Nc2ccc(CN3CCCOCC3)cc2C(=O)O)c(Cl)c1. The first-order chi connectivity index (χ1) is 15.8. The second kappa shape index (κ2) is 10.1. The Hall–Kier alpha value is -2.58. The number of rotatable bonds is 6. The Morgan fingerprint density at radius 2 is 1.94 bits per heavy atom. The molecule has 174 valence electrons. The van der Waals surface area contributed by atoms with Crippen molar-refractivity contribution in [2.45, 2.75) is 26.8 Å². The monoisotopic (exact) mass is 488 g/mol. The van der Waals surface area contributed by atoms with E-state index in [-0.39, 0.29) is 5.56 Å². The van der Waals surface area contributed by atoms with Crippen LogP contribution in [-0.4, -0.2) is 52.5 Å². The maximum absolute atomic E-state index is 12.0. The van der Waals surface area contributed by atoms with Gasteiger partial charge < -0.3 is 15.2 Å². The molecule has 0 spiro atoms. The normalized spacial score (nSPS) is 14.8. The molecule has 0 aliphatic carbocycles. The molecule has 0 amide bonds. The predicted molar refractivity (Wildman–Crippen MR) is 131 cm³/mol. The van der Waals surface area contributed by atoms with Gasteiger partial charge in [-0.3, -0.25) is 10.00 Å². The molecule has 0 saturated carbocycles. The number of nitrogens with zero attached hydrogens (tertiary/aromatic N) is 2.